The zero-order valence-corrected chi connectivity index (χ0v) is 25.8. The highest BCUT2D eigenvalue weighted by Gasteiger charge is 2.44. The predicted molar refractivity (Wildman–Crippen MR) is 165 cm³/mol. The monoisotopic (exact) mass is 599 g/mol. The summed E-state index contributed by atoms with van der Waals surface area (Å²) in [5.74, 6) is -5.81. The van der Waals surface area contributed by atoms with Gasteiger partial charge in [-0.1, -0.05) is 47.0 Å². The number of carbonyl (C=O) groups excluding carboxylic acids is 4. The van der Waals surface area contributed by atoms with E-state index in [1.807, 2.05) is 0 Å². The summed E-state index contributed by atoms with van der Waals surface area (Å²) >= 11 is 0. The lowest BCUT2D eigenvalue weighted by Gasteiger charge is -2.29. The molecule has 0 radical (unpaired) electrons. The minimum atomic E-state index is -0.759. The van der Waals surface area contributed by atoms with Crippen molar-refractivity contribution in [3.8, 4) is 23.0 Å². The lowest BCUT2D eigenvalue weighted by atomic mass is 9.71. The lowest BCUT2D eigenvalue weighted by molar-refractivity contribution is 0.0951. The number of allylic oxidation sites excluding steroid dienone is 4. The maximum atomic E-state index is 14.5. The molecule has 1 saturated carbocycles. The minimum Gasteiger partial charge on any atom is -0.504 e. The molecular formula is C35H37NO8. The van der Waals surface area contributed by atoms with E-state index in [9.17, 15) is 39.6 Å². The molecule has 0 aliphatic heterocycles. The van der Waals surface area contributed by atoms with Gasteiger partial charge in [0.1, 0.15) is 0 Å². The topological polar surface area (TPSA) is 162 Å². The second-order valence-electron chi connectivity index (χ2n) is 12.6. The first-order valence-electron chi connectivity index (χ1n) is 15.0. The zero-order valence-electron chi connectivity index (χ0n) is 25.8. The van der Waals surface area contributed by atoms with Gasteiger partial charge in [-0.15, -0.1) is 0 Å². The number of nitrogens with zero attached hydrogens (tertiary/aromatic N) is 1. The van der Waals surface area contributed by atoms with Crippen LogP contribution in [0.2, 0.25) is 0 Å². The number of Topliss-reactive ketones (excluding diaryl/α,β-unsaturated/α-hetero) is 4. The molecule has 0 unspecified atom stereocenters. The number of carbonyl (C=O) groups is 4. The van der Waals surface area contributed by atoms with Gasteiger partial charge in [-0.25, -0.2) is 0 Å². The average molecular weight is 600 g/mol. The van der Waals surface area contributed by atoms with Gasteiger partial charge in [-0.3, -0.25) is 24.2 Å². The molecule has 5 rings (SSSR count). The minimum absolute atomic E-state index is 0.0462. The highest BCUT2D eigenvalue weighted by molar-refractivity contribution is 6.38. The van der Waals surface area contributed by atoms with Gasteiger partial charge in [0, 0.05) is 73.5 Å². The molecule has 230 valence electrons. The first kappa shape index (κ1) is 30.9. The van der Waals surface area contributed by atoms with Gasteiger partial charge in [0.05, 0.1) is 0 Å². The standard InChI is InChI=1S/C35H37NO8/c1-14(2)22-26-19(12-21(37)33(22)42)31(40)24(16(5)29(26)38)25-17(6)30(39)28-23(15(3)4)35(44)32(41)20(27(28)34(25)43)13-36-18-10-8-7-9-11-18/h12-15,18,37,41-42,44H,7-11H2,1-6H3/b36-13+. The van der Waals surface area contributed by atoms with Crippen LogP contribution >= 0.6 is 0 Å². The van der Waals surface area contributed by atoms with Crippen LogP contribution < -0.4 is 0 Å². The van der Waals surface area contributed by atoms with Crippen molar-refractivity contribution in [1.82, 2.24) is 0 Å². The number of fused-ring (bicyclic) bond motifs is 2. The number of hydrogen-bond acceptors (Lipinski definition) is 9. The summed E-state index contributed by atoms with van der Waals surface area (Å²) in [6.45, 7) is 9.64. The normalized spacial score (nSPS) is 17.9. The quantitative estimate of drug-likeness (QED) is 0.221. The Balaban J connectivity index is 1.77. The van der Waals surface area contributed by atoms with E-state index in [4.69, 9.17) is 0 Å². The van der Waals surface area contributed by atoms with Crippen molar-refractivity contribution < 1.29 is 39.6 Å². The van der Waals surface area contributed by atoms with Crippen LogP contribution in [-0.2, 0) is 0 Å². The van der Waals surface area contributed by atoms with Crippen LogP contribution in [0.25, 0.3) is 0 Å². The fourth-order valence-corrected chi connectivity index (χ4v) is 6.80. The molecule has 44 heavy (non-hydrogen) atoms. The zero-order chi connectivity index (χ0) is 32.4. The van der Waals surface area contributed by atoms with Crippen molar-refractivity contribution in [2.45, 2.75) is 91.5 Å². The van der Waals surface area contributed by atoms with Crippen LogP contribution in [0.15, 0.2) is 33.4 Å². The first-order valence-corrected chi connectivity index (χ1v) is 15.0. The van der Waals surface area contributed by atoms with Crippen LogP contribution in [0.4, 0.5) is 0 Å². The molecule has 3 aliphatic carbocycles. The number of aliphatic imine (C=N–C) groups is 1. The van der Waals surface area contributed by atoms with E-state index in [1.54, 1.807) is 27.7 Å². The molecule has 1 fully saturated rings. The van der Waals surface area contributed by atoms with Crippen molar-refractivity contribution in [3.63, 3.8) is 0 Å². The van der Waals surface area contributed by atoms with Gasteiger partial charge >= 0.3 is 0 Å². The van der Waals surface area contributed by atoms with E-state index in [0.717, 1.165) is 38.2 Å². The van der Waals surface area contributed by atoms with Crippen molar-refractivity contribution in [1.29, 1.82) is 0 Å². The van der Waals surface area contributed by atoms with Crippen LogP contribution in [-0.4, -0.2) is 55.8 Å². The molecule has 2 aromatic rings. The van der Waals surface area contributed by atoms with Crippen LogP contribution in [0, 0.1) is 0 Å². The summed E-state index contributed by atoms with van der Waals surface area (Å²) in [6, 6.07) is 0.959. The highest BCUT2D eigenvalue weighted by Crippen LogP contribution is 2.48. The Morgan fingerprint density at radius 3 is 1.77 bits per heavy atom. The Morgan fingerprint density at radius 1 is 0.682 bits per heavy atom. The molecule has 9 nitrogen and oxygen atoms in total. The van der Waals surface area contributed by atoms with Gasteiger partial charge in [0.2, 0.25) is 0 Å². The van der Waals surface area contributed by atoms with Crippen molar-refractivity contribution >= 4 is 29.3 Å². The first-order chi connectivity index (χ1) is 20.7. The van der Waals surface area contributed by atoms with Gasteiger partial charge in [0.15, 0.2) is 46.1 Å². The third-order valence-electron chi connectivity index (χ3n) is 9.05. The molecule has 0 amide bonds. The fourth-order valence-electron chi connectivity index (χ4n) is 6.80. The number of aromatic hydroxyl groups is 4. The number of phenols is 4. The Kier molecular flexibility index (Phi) is 7.86. The Labute approximate surface area is 255 Å². The molecular weight excluding hydrogens is 562 g/mol. The van der Waals surface area contributed by atoms with Gasteiger partial charge in [-0.05, 0) is 44.6 Å². The number of hydrogen-bond donors (Lipinski definition) is 4. The number of benzene rings is 2. The van der Waals surface area contributed by atoms with Gasteiger partial charge in [0.25, 0.3) is 0 Å². The molecule has 4 N–H and O–H groups in total. The third kappa shape index (κ3) is 4.57. The molecule has 0 atom stereocenters. The molecule has 3 aliphatic rings. The maximum Gasteiger partial charge on any atom is 0.195 e. The SMILES string of the molecule is CC1=C(C2=C(C)C(=O)c3c(c(/C=N/C4CCCCC4)c(O)c(O)c3C(C)C)C2=O)C(=O)c2cc(O)c(O)c(C(C)C)c2C1=O. The van der Waals surface area contributed by atoms with Crippen molar-refractivity contribution in [3.05, 3.63) is 67.3 Å². The molecule has 0 heterocycles. The number of rotatable bonds is 5. The molecule has 0 spiro atoms. The smallest absolute Gasteiger partial charge is 0.195 e. The second kappa shape index (κ2) is 11.2. The highest BCUT2D eigenvalue weighted by atomic mass is 16.3. The second-order valence-corrected chi connectivity index (χ2v) is 12.6. The number of ketones is 4. The maximum absolute atomic E-state index is 14.5. The largest absolute Gasteiger partial charge is 0.504 e. The van der Waals surface area contributed by atoms with E-state index in [1.165, 1.54) is 20.1 Å². The molecule has 9 heteroatoms. The summed E-state index contributed by atoms with van der Waals surface area (Å²) in [5.41, 5.74) is -1.12. The summed E-state index contributed by atoms with van der Waals surface area (Å²) in [5, 5.41) is 43.3. The van der Waals surface area contributed by atoms with E-state index >= 15 is 0 Å². The fraction of sp³-hybridized carbons (Fsp3) is 0.400. The van der Waals surface area contributed by atoms with Gasteiger partial charge < -0.3 is 20.4 Å². The summed E-state index contributed by atoms with van der Waals surface area (Å²) in [7, 11) is 0. The summed E-state index contributed by atoms with van der Waals surface area (Å²) in [4.78, 5) is 61.2. The Hall–Kier alpha value is -4.53. The van der Waals surface area contributed by atoms with Crippen LogP contribution in [0.5, 0.6) is 23.0 Å². The molecule has 0 aromatic heterocycles. The van der Waals surface area contributed by atoms with Crippen molar-refractivity contribution in [2.75, 3.05) is 0 Å². The van der Waals surface area contributed by atoms with E-state index in [-0.39, 0.29) is 67.3 Å². The van der Waals surface area contributed by atoms with Crippen molar-refractivity contribution in [2.24, 2.45) is 4.99 Å². The van der Waals surface area contributed by atoms with Crippen LogP contribution in [0.1, 0.15) is 144 Å². The third-order valence-corrected chi connectivity index (χ3v) is 9.05. The Bertz CT molecular complexity index is 1760. The summed E-state index contributed by atoms with van der Waals surface area (Å²) < 4.78 is 0. The molecule has 0 saturated heterocycles. The van der Waals surface area contributed by atoms with Crippen LogP contribution in [0.3, 0.4) is 0 Å². The predicted octanol–water partition coefficient (Wildman–Crippen LogP) is 6.60. The average Bonchev–Trinajstić information content (AvgIpc) is 2.97. The van der Waals surface area contributed by atoms with E-state index in [2.05, 4.69) is 4.99 Å². The number of phenolic OH excluding ortho intramolecular Hbond substituents is 4. The Morgan fingerprint density at radius 2 is 1.20 bits per heavy atom. The van der Waals surface area contributed by atoms with Gasteiger partial charge in [-0.2, -0.15) is 0 Å². The molecule has 0 bridgehead atoms. The van der Waals surface area contributed by atoms with E-state index < -0.39 is 58.0 Å². The summed E-state index contributed by atoms with van der Waals surface area (Å²) in [6.07, 6.45) is 6.06. The lowest BCUT2D eigenvalue weighted by Crippen LogP contribution is -2.31. The molecule has 2 aromatic carbocycles. The van der Waals surface area contributed by atoms with E-state index in [0.29, 0.717) is 0 Å².